The summed E-state index contributed by atoms with van der Waals surface area (Å²) in [6.07, 6.45) is 8.38. The topological polar surface area (TPSA) is 82.0 Å². The molecule has 1 heterocycles. The molecule has 30 heavy (non-hydrogen) atoms. The second-order valence-electron chi connectivity index (χ2n) is 5.94. The van der Waals surface area contributed by atoms with Crippen LogP contribution in [0.15, 0.2) is 58.2 Å². The number of para-hydroxylation sites is 1. The third-order valence-electron chi connectivity index (χ3n) is 3.91. The first-order valence-electron chi connectivity index (χ1n) is 8.84. The van der Waals surface area contributed by atoms with Crippen LogP contribution in [-0.4, -0.2) is 37.4 Å². The number of nitrogens with one attached hydrogen (secondary N) is 1. The van der Waals surface area contributed by atoms with Gasteiger partial charge in [-0.25, -0.2) is 5.43 Å². The van der Waals surface area contributed by atoms with Gasteiger partial charge in [0, 0.05) is 11.6 Å². The molecular weight excluding hydrogens is 450 g/mol. The molecule has 8 heteroatoms. The van der Waals surface area contributed by atoms with Crippen molar-refractivity contribution in [1.29, 1.82) is 0 Å². The van der Waals surface area contributed by atoms with Crippen LogP contribution >= 0.6 is 15.9 Å². The molecule has 0 fully saturated rings. The normalized spacial score (nSPS) is 10.6. The average Bonchev–Trinajstić information content (AvgIpc) is 2.76. The lowest BCUT2D eigenvalue weighted by atomic mass is 10.2. The monoisotopic (exact) mass is 467 g/mol. The van der Waals surface area contributed by atoms with Crippen molar-refractivity contribution >= 4 is 39.0 Å². The van der Waals surface area contributed by atoms with E-state index >= 15 is 0 Å². The highest BCUT2D eigenvalue weighted by atomic mass is 79.9. The second-order valence-corrected chi connectivity index (χ2v) is 6.79. The number of hydrogen-bond acceptors (Lipinski definition) is 6. The van der Waals surface area contributed by atoms with E-state index in [0.29, 0.717) is 32.8 Å². The van der Waals surface area contributed by atoms with Gasteiger partial charge in [-0.1, -0.05) is 24.1 Å². The maximum Gasteiger partial charge on any atom is 0.277 e. The minimum Gasteiger partial charge on any atom is -0.493 e. The Morgan fingerprint density at radius 3 is 2.90 bits per heavy atom. The third-order valence-corrected chi connectivity index (χ3v) is 4.50. The number of fused-ring (bicyclic) bond motifs is 1. The van der Waals surface area contributed by atoms with Gasteiger partial charge in [0.2, 0.25) is 0 Å². The van der Waals surface area contributed by atoms with E-state index in [9.17, 15) is 4.79 Å². The van der Waals surface area contributed by atoms with Gasteiger partial charge in [-0.15, -0.1) is 6.42 Å². The van der Waals surface area contributed by atoms with Crippen molar-refractivity contribution < 1.29 is 19.0 Å². The number of rotatable bonds is 8. The molecule has 0 saturated heterocycles. The van der Waals surface area contributed by atoms with Crippen LogP contribution in [0.5, 0.6) is 17.2 Å². The second kappa shape index (κ2) is 10.3. The van der Waals surface area contributed by atoms with Crippen LogP contribution < -0.4 is 19.6 Å². The smallest absolute Gasteiger partial charge is 0.277 e. The summed E-state index contributed by atoms with van der Waals surface area (Å²) >= 11 is 3.41. The van der Waals surface area contributed by atoms with Crippen LogP contribution in [0.3, 0.4) is 0 Å². The predicted octanol–water partition coefficient (Wildman–Crippen LogP) is 3.55. The molecule has 0 radical (unpaired) electrons. The summed E-state index contributed by atoms with van der Waals surface area (Å²) in [4.78, 5) is 16.3. The van der Waals surface area contributed by atoms with E-state index in [1.807, 2.05) is 24.3 Å². The van der Waals surface area contributed by atoms with Crippen molar-refractivity contribution in [3.8, 4) is 29.6 Å². The molecule has 0 saturated carbocycles. The van der Waals surface area contributed by atoms with Crippen molar-refractivity contribution in [2.24, 2.45) is 5.10 Å². The van der Waals surface area contributed by atoms with E-state index in [-0.39, 0.29) is 13.2 Å². The molecule has 0 unspecified atom stereocenters. The lowest BCUT2D eigenvalue weighted by Gasteiger charge is -2.11. The molecule has 1 aromatic heterocycles. The number of aromatic nitrogens is 1. The van der Waals surface area contributed by atoms with E-state index in [1.165, 1.54) is 13.3 Å². The highest BCUT2D eigenvalue weighted by molar-refractivity contribution is 9.10. The SMILES string of the molecule is C#CCOc1c(Br)cc(/C=N/NC(=O)COc2cccc3cccnc23)cc1OC. The lowest BCUT2D eigenvalue weighted by molar-refractivity contribution is -0.123. The first kappa shape index (κ1) is 21.1. The minimum atomic E-state index is -0.404. The Morgan fingerprint density at radius 1 is 1.27 bits per heavy atom. The number of pyridine rings is 1. The van der Waals surface area contributed by atoms with Gasteiger partial charge in [0.25, 0.3) is 5.91 Å². The van der Waals surface area contributed by atoms with Gasteiger partial charge in [0.1, 0.15) is 17.9 Å². The molecule has 1 amide bonds. The van der Waals surface area contributed by atoms with Gasteiger partial charge in [-0.3, -0.25) is 9.78 Å². The van der Waals surface area contributed by atoms with E-state index in [4.69, 9.17) is 20.6 Å². The number of hydrogen-bond donors (Lipinski definition) is 1. The number of halogens is 1. The molecule has 152 valence electrons. The van der Waals surface area contributed by atoms with E-state index in [1.54, 1.807) is 24.4 Å². The summed E-state index contributed by atoms with van der Waals surface area (Å²) in [5, 5.41) is 4.89. The maximum atomic E-state index is 12.1. The molecule has 7 nitrogen and oxygen atoms in total. The Bertz CT molecular complexity index is 1120. The Hall–Kier alpha value is -3.57. The number of hydrazone groups is 1. The quantitative estimate of drug-likeness (QED) is 0.311. The summed E-state index contributed by atoms with van der Waals surface area (Å²) in [6, 6.07) is 12.8. The molecule has 0 bridgehead atoms. The van der Waals surface area contributed by atoms with E-state index < -0.39 is 5.91 Å². The van der Waals surface area contributed by atoms with Crippen LogP contribution in [0.4, 0.5) is 0 Å². The Balaban J connectivity index is 1.60. The zero-order valence-electron chi connectivity index (χ0n) is 16.1. The van der Waals surface area contributed by atoms with Gasteiger partial charge < -0.3 is 14.2 Å². The Morgan fingerprint density at radius 2 is 2.10 bits per heavy atom. The highest BCUT2D eigenvalue weighted by Gasteiger charge is 2.11. The molecule has 0 atom stereocenters. The molecule has 0 spiro atoms. The van der Waals surface area contributed by atoms with Crippen molar-refractivity contribution in [3.63, 3.8) is 0 Å². The average molecular weight is 468 g/mol. The number of ether oxygens (including phenoxy) is 3. The minimum absolute atomic E-state index is 0.116. The summed E-state index contributed by atoms with van der Waals surface area (Å²) in [7, 11) is 1.52. The van der Waals surface area contributed by atoms with Crippen LogP contribution in [0.2, 0.25) is 0 Å². The molecule has 3 rings (SSSR count). The number of benzene rings is 2. The first-order valence-corrected chi connectivity index (χ1v) is 9.64. The summed E-state index contributed by atoms with van der Waals surface area (Å²) in [5.74, 6) is 3.51. The van der Waals surface area contributed by atoms with Crippen molar-refractivity contribution in [1.82, 2.24) is 10.4 Å². The standard InChI is InChI=1S/C22H18BrN3O4/c1-3-10-29-22-17(23)11-15(12-19(22)28-2)13-25-26-20(27)14-30-18-8-4-6-16-7-5-9-24-21(16)18/h1,4-9,11-13H,10,14H2,2H3,(H,26,27)/b25-13+. The van der Waals surface area contributed by atoms with Crippen LogP contribution in [-0.2, 0) is 4.79 Å². The van der Waals surface area contributed by atoms with Crippen LogP contribution in [0, 0.1) is 12.3 Å². The van der Waals surface area contributed by atoms with E-state index in [0.717, 1.165) is 5.39 Å². The molecule has 2 aromatic carbocycles. The van der Waals surface area contributed by atoms with Crippen molar-refractivity contribution in [3.05, 3.63) is 58.7 Å². The van der Waals surface area contributed by atoms with Crippen molar-refractivity contribution in [2.45, 2.75) is 0 Å². The van der Waals surface area contributed by atoms with Crippen LogP contribution in [0.1, 0.15) is 5.56 Å². The number of methoxy groups -OCH3 is 1. The number of carbonyl (C=O) groups excluding carboxylic acids is 1. The number of terminal acetylenes is 1. The van der Waals surface area contributed by atoms with Crippen molar-refractivity contribution in [2.75, 3.05) is 20.3 Å². The molecule has 3 aromatic rings. The molecular formula is C22H18BrN3O4. The number of carbonyl (C=O) groups is 1. The fourth-order valence-electron chi connectivity index (χ4n) is 2.62. The summed E-state index contributed by atoms with van der Waals surface area (Å²) in [6.45, 7) is -0.0798. The Labute approximate surface area is 182 Å². The summed E-state index contributed by atoms with van der Waals surface area (Å²) < 4.78 is 17.0. The molecule has 0 aliphatic rings. The third kappa shape index (κ3) is 5.27. The number of nitrogens with zero attached hydrogens (tertiary/aromatic N) is 2. The molecule has 1 N–H and O–H groups in total. The van der Waals surface area contributed by atoms with Crippen LogP contribution in [0.25, 0.3) is 10.9 Å². The van der Waals surface area contributed by atoms with Gasteiger partial charge in [0.15, 0.2) is 18.1 Å². The van der Waals surface area contributed by atoms with Gasteiger partial charge >= 0.3 is 0 Å². The zero-order valence-corrected chi connectivity index (χ0v) is 17.7. The number of amides is 1. The lowest BCUT2D eigenvalue weighted by Crippen LogP contribution is -2.24. The molecule has 0 aliphatic carbocycles. The highest BCUT2D eigenvalue weighted by Crippen LogP contribution is 2.36. The zero-order chi connectivity index (χ0) is 21.3. The molecule has 0 aliphatic heterocycles. The first-order chi connectivity index (χ1) is 14.6. The van der Waals surface area contributed by atoms with Gasteiger partial charge in [0.05, 0.1) is 17.8 Å². The van der Waals surface area contributed by atoms with Gasteiger partial charge in [-0.05, 0) is 45.8 Å². The maximum absolute atomic E-state index is 12.1. The predicted molar refractivity (Wildman–Crippen MR) is 118 cm³/mol. The summed E-state index contributed by atoms with van der Waals surface area (Å²) in [5.41, 5.74) is 3.81. The fourth-order valence-corrected chi connectivity index (χ4v) is 3.19. The van der Waals surface area contributed by atoms with Gasteiger partial charge in [-0.2, -0.15) is 5.10 Å². The Kier molecular flexibility index (Phi) is 7.24. The fraction of sp³-hybridized carbons (Fsp3) is 0.136. The largest absolute Gasteiger partial charge is 0.493 e. The van der Waals surface area contributed by atoms with E-state index in [2.05, 4.69) is 37.4 Å².